The van der Waals surface area contributed by atoms with E-state index < -0.39 is 17.6 Å². The number of benzene rings is 1. The van der Waals surface area contributed by atoms with Gasteiger partial charge in [-0.15, -0.1) is 0 Å². The third kappa shape index (κ3) is 5.20. The van der Waals surface area contributed by atoms with Crippen molar-refractivity contribution in [2.45, 2.75) is 19.6 Å². The van der Waals surface area contributed by atoms with Gasteiger partial charge in [-0.1, -0.05) is 18.2 Å². The van der Waals surface area contributed by atoms with E-state index in [4.69, 9.17) is 10.2 Å². The van der Waals surface area contributed by atoms with E-state index in [-0.39, 0.29) is 47.4 Å². The monoisotopic (exact) mass is 502 g/mol. The van der Waals surface area contributed by atoms with Crippen LogP contribution in [0.15, 0.2) is 53.1 Å². The van der Waals surface area contributed by atoms with Gasteiger partial charge in [0, 0.05) is 38.4 Å². The second kappa shape index (κ2) is 10.0. The van der Waals surface area contributed by atoms with E-state index in [1.807, 2.05) is 4.90 Å². The molecule has 1 aliphatic rings. The Labute approximate surface area is 205 Å². The third-order valence-corrected chi connectivity index (χ3v) is 6.33. The van der Waals surface area contributed by atoms with Crippen LogP contribution in [0.25, 0.3) is 0 Å². The van der Waals surface area contributed by atoms with Crippen molar-refractivity contribution in [3.05, 3.63) is 82.6 Å². The molecule has 8 nitrogen and oxygen atoms in total. The second-order valence-corrected chi connectivity index (χ2v) is 8.60. The van der Waals surface area contributed by atoms with Crippen molar-refractivity contribution < 1.29 is 32.0 Å². The molecule has 0 bridgehead atoms. The van der Waals surface area contributed by atoms with Gasteiger partial charge >= 0.3 is 6.18 Å². The molecule has 0 radical (unpaired) electrons. The van der Waals surface area contributed by atoms with Crippen molar-refractivity contribution >= 4 is 17.6 Å². The summed E-state index contributed by atoms with van der Waals surface area (Å²) in [5.74, 6) is -1.12. The summed E-state index contributed by atoms with van der Waals surface area (Å²) < 4.78 is 47.2. The highest BCUT2D eigenvalue weighted by Crippen LogP contribution is 2.33. The lowest BCUT2D eigenvalue weighted by Crippen LogP contribution is -2.50. The minimum absolute atomic E-state index is 0.0225. The van der Waals surface area contributed by atoms with E-state index in [9.17, 15) is 27.6 Å². The molecule has 1 aromatic carbocycles. The van der Waals surface area contributed by atoms with E-state index in [0.717, 1.165) is 6.07 Å². The number of carbonyl (C=O) groups excluding carboxylic acids is 3. The number of amides is 2. The summed E-state index contributed by atoms with van der Waals surface area (Å²) >= 11 is 0. The largest absolute Gasteiger partial charge is 0.459 e. The number of carbonyl (C=O) groups is 3. The molecule has 1 aliphatic heterocycles. The Balaban J connectivity index is 1.52. The zero-order valence-corrected chi connectivity index (χ0v) is 19.5. The van der Waals surface area contributed by atoms with Gasteiger partial charge in [-0.05, 0) is 36.8 Å². The summed E-state index contributed by atoms with van der Waals surface area (Å²) in [6, 6.07) is 9.67. The number of ketones is 1. The van der Waals surface area contributed by atoms with Gasteiger partial charge < -0.3 is 19.6 Å². The van der Waals surface area contributed by atoms with Crippen molar-refractivity contribution in [3.8, 4) is 0 Å². The summed E-state index contributed by atoms with van der Waals surface area (Å²) in [6.45, 7) is 2.91. The van der Waals surface area contributed by atoms with Crippen molar-refractivity contribution in [1.82, 2.24) is 14.4 Å². The standard InChI is InChI=1S/C25H25F3N4O4/c1-16-18(23(29)34)13-20(32(16)14-17-5-2-3-6-19(17)25(26,27)28)21(33)15-30-8-10-31(11-9-30)24(35)22-7-4-12-36-22/h2-7,12-13H,8-11,14-15H2,1H3,(H2,29,34). The van der Waals surface area contributed by atoms with Gasteiger partial charge in [-0.2, -0.15) is 13.2 Å². The number of nitrogens with zero attached hydrogens (tertiary/aromatic N) is 3. The molecule has 2 amide bonds. The molecule has 1 saturated heterocycles. The Morgan fingerprint density at radius 2 is 1.72 bits per heavy atom. The Kier molecular flexibility index (Phi) is 7.02. The SMILES string of the molecule is Cc1c(C(N)=O)cc(C(=O)CN2CCN(C(=O)c3ccco3)CC2)n1Cc1ccccc1C(F)(F)F. The number of furan rings is 1. The van der Waals surface area contributed by atoms with E-state index in [1.165, 1.54) is 35.1 Å². The molecule has 1 fully saturated rings. The molecule has 4 rings (SSSR count). The lowest BCUT2D eigenvalue weighted by molar-refractivity contribution is -0.138. The number of Topliss-reactive ketones (excluding diaryl/α,β-unsaturated/α-hetero) is 1. The van der Waals surface area contributed by atoms with E-state index >= 15 is 0 Å². The van der Waals surface area contributed by atoms with Gasteiger partial charge in [0.05, 0.1) is 29.6 Å². The molecule has 0 spiro atoms. The fourth-order valence-electron chi connectivity index (χ4n) is 4.38. The van der Waals surface area contributed by atoms with Gasteiger partial charge in [0.25, 0.3) is 11.8 Å². The zero-order valence-electron chi connectivity index (χ0n) is 19.5. The average Bonchev–Trinajstić information content (AvgIpc) is 3.48. The van der Waals surface area contributed by atoms with Crippen LogP contribution in [0.2, 0.25) is 0 Å². The first kappa shape index (κ1) is 25.2. The first-order chi connectivity index (χ1) is 17.1. The fraction of sp³-hybridized carbons (Fsp3) is 0.320. The van der Waals surface area contributed by atoms with Crippen molar-refractivity contribution in [1.29, 1.82) is 0 Å². The van der Waals surface area contributed by atoms with Crippen molar-refractivity contribution in [3.63, 3.8) is 0 Å². The molecule has 0 saturated carbocycles. The zero-order chi connectivity index (χ0) is 26.0. The number of rotatable bonds is 7. The Bertz CT molecular complexity index is 1270. The van der Waals surface area contributed by atoms with Crippen LogP contribution in [0, 0.1) is 6.92 Å². The van der Waals surface area contributed by atoms with Crippen molar-refractivity contribution in [2.24, 2.45) is 5.73 Å². The molecule has 0 unspecified atom stereocenters. The number of halogens is 3. The predicted octanol–water partition coefficient (Wildman–Crippen LogP) is 3.20. The van der Waals surface area contributed by atoms with Crippen LogP contribution >= 0.6 is 0 Å². The maximum Gasteiger partial charge on any atom is 0.416 e. The van der Waals surface area contributed by atoms with Crippen LogP contribution in [0.4, 0.5) is 13.2 Å². The van der Waals surface area contributed by atoms with Crippen LogP contribution in [0.1, 0.15) is 48.2 Å². The molecular weight excluding hydrogens is 477 g/mol. The van der Waals surface area contributed by atoms with Gasteiger partial charge in [0.15, 0.2) is 11.5 Å². The van der Waals surface area contributed by atoms with Gasteiger partial charge in [0.1, 0.15) is 0 Å². The molecule has 2 N–H and O–H groups in total. The number of aromatic nitrogens is 1. The number of nitrogens with two attached hydrogens (primary N) is 1. The highest BCUT2D eigenvalue weighted by molar-refractivity contribution is 6.01. The van der Waals surface area contributed by atoms with Gasteiger partial charge in [0.2, 0.25) is 0 Å². The minimum Gasteiger partial charge on any atom is -0.459 e. The normalized spacial score (nSPS) is 14.7. The molecule has 0 aliphatic carbocycles. The average molecular weight is 502 g/mol. The summed E-state index contributed by atoms with van der Waals surface area (Å²) in [5, 5.41) is 0. The molecular formula is C25H25F3N4O4. The Hall–Kier alpha value is -3.86. The van der Waals surface area contributed by atoms with Crippen LogP contribution in [0.5, 0.6) is 0 Å². The summed E-state index contributed by atoms with van der Waals surface area (Å²) in [7, 11) is 0. The van der Waals surface area contributed by atoms with E-state index in [2.05, 4.69) is 0 Å². The number of primary amides is 1. The molecule has 11 heteroatoms. The lowest BCUT2D eigenvalue weighted by Gasteiger charge is -2.33. The fourth-order valence-corrected chi connectivity index (χ4v) is 4.38. The summed E-state index contributed by atoms with van der Waals surface area (Å²) in [6.07, 6.45) is -3.15. The maximum atomic E-state index is 13.5. The maximum absolute atomic E-state index is 13.5. The van der Waals surface area contributed by atoms with Crippen LogP contribution in [0.3, 0.4) is 0 Å². The predicted molar refractivity (Wildman–Crippen MR) is 124 cm³/mol. The molecule has 190 valence electrons. The number of alkyl halides is 3. The highest BCUT2D eigenvalue weighted by Gasteiger charge is 2.34. The topological polar surface area (TPSA) is 102 Å². The molecule has 3 aromatic rings. The molecule has 3 heterocycles. The number of hydrogen-bond acceptors (Lipinski definition) is 5. The van der Waals surface area contributed by atoms with Gasteiger partial charge in [-0.3, -0.25) is 19.3 Å². The number of hydrogen-bond donors (Lipinski definition) is 1. The molecule has 36 heavy (non-hydrogen) atoms. The third-order valence-electron chi connectivity index (χ3n) is 6.33. The quantitative estimate of drug-likeness (QED) is 0.500. The second-order valence-electron chi connectivity index (χ2n) is 8.60. The molecule has 0 atom stereocenters. The van der Waals surface area contributed by atoms with Crippen LogP contribution in [-0.2, 0) is 12.7 Å². The van der Waals surface area contributed by atoms with Gasteiger partial charge in [-0.25, -0.2) is 0 Å². The van der Waals surface area contributed by atoms with Crippen LogP contribution < -0.4 is 5.73 Å². The first-order valence-electron chi connectivity index (χ1n) is 11.3. The van der Waals surface area contributed by atoms with E-state index in [1.54, 1.807) is 24.0 Å². The Morgan fingerprint density at radius 3 is 2.33 bits per heavy atom. The van der Waals surface area contributed by atoms with E-state index in [0.29, 0.717) is 31.9 Å². The smallest absolute Gasteiger partial charge is 0.416 e. The number of piperazine rings is 1. The lowest BCUT2D eigenvalue weighted by atomic mass is 10.1. The highest BCUT2D eigenvalue weighted by atomic mass is 19.4. The van der Waals surface area contributed by atoms with Crippen LogP contribution in [-0.4, -0.2) is 64.7 Å². The summed E-state index contributed by atoms with van der Waals surface area (Å²) in [4.78, 5) is 41.1. The summed E-state index contributed by atoms with van der Waals surface area (Å²) in [5.41, 5.74) is 5.12. The minimum atomic E-state index is -4.57. The molecule has 2 aromatic heterocycles. The first-order valence-corrected chi connectivity index (χ1v) is 11.3. The van der Waals surface area contributed by atoms with Crippen molar-refractivity contribution in [2.75, 3.05) is 32.7 Å². The Morgan fingerprint density at radius 1 is 1.03 bits per heavy atom.